The average molecular weight is 241 g/mol. The molecule has 0 aliphatic rings. The van der Waals surface area contributed by atoms with Gasteiger partial charge >= 0.3 is 0 Å². The monoisotopic (exact) mass is 241 g/mol. The molecule has 0 aliphatic heterocycles. The standard InChI is InChI=1S/C10H15N3O2S/c1-14-8-3-7(4-9(5-8)15-2)6-13(12)10(11)16/h3-5H,6,12H2,1-2H3,(H2,11,16). The quantitative estimate of drug-likeness (QED) is 0.457. The summed E-state index contributed by atoms with van der Waals surface area (Å²) in [7, 11) is 3.18. The predicted octanol–water partition coefficient (Wildman–Crippen LogP) is 0.623. The van der Waals surface area contributed by atoms with Crippen LogP contribution >= 0.6 is 12.2 Å². The van der Waals surface area contributed by atoms with Crippen molar-refractivity contribution in [3.05, 3.63) is 23.8 Å². The summed E-state index contributed by atoms with van der Waals surface area (Å²) >= 11 is 4.76. The van der Waals surface area contributed by atoms with Crippen LogP contribution in [0.4, 0.5) is 0 Å². The molecule has 0 radical (unpaired) electrons. The third kappa shape index (κ3) is 3.25. The lowest BCUT2D eigenvalue weighted by atomic mass is 10.2. The zero-order valence-electron chi connectivity index (χ0n) is 9.27. The van der Waals surface area contributed by atoms with E-state index in [4.69, 9.17) is 33.3 Å². The van der Waals surface area contributed by atoms with E-state index in [0.717, 1.165) is 5.56 Å². The van der Waals surface area contributed by atoms with Gasteiger partial charge in [-0.3, -0.25) is 5.01 Å². The summed E-state index contributed by atoms with van der Waals surface area (Å²) < 4.78 is 10.3. The molecular formula is C10H15N3O2S. The SMILES string of the molecule is COc1cc(CN(N)C(N)=S)cc(OC)c1. The van der Waals surface area contributed by atoms with Gasteiger partial charge in [0.25, 0.3) is 0 Å². The van der Waals surface area contributed by atoms with E-state index in [0.29, 0.717) is 18.0 Å². The molecule has 0 aromatic heterocycles. The summed E-state index contributed by atoms with van der Waals surface area (Å²) in [6.07, 6.45) is 0. The third-order valence-corrected chi connectivity index (χ3v) is 2.28. The largest absolute Gasteiger partial charge is 0.497 e. The van der Waals surface area contributed by atoms with Gasteiger partial charge in [0, 0.05) is 6.07 Å². The van der Waals surface area contributed by atoms with E-state index in [1.54, 1.807) is 20.3 Å². The van der Waals surface area contributed by atoms with Gasteiger partial charge in [-0.1, -0.05) is 0 Å². The molecular weight excluding hydrogens is 226 g/mol. The summed E-state index contributed by atoms with van der Waals surface area (Å²) in [6, 6.07) is 5.48. The molecule has 1 aromatic carbocycles. The second kappa shape index (κ2) is 5.53. The zero-order chi connectivity index (χ0) is 12.1. The van der Waals surface area contributed by atoms with E-state index in [1.165, 1.54) is 5.01 Å². The first kappa shape index (κ1) is 12.5. The number of nitrogens with two attached hydrogens (primary N) is 2. The zero-order valence-corrected chi connectivity index (χ0v) is 10.1. The number of ether oxygens (including phenoxy) is 2. The lowest BCUT2D eigenvalue weighted by Gasteiger charge is -2.17. The van der Waals surface area contributed by atoms with Crippen LogP contribution in [0.5, 0.6) is 11.5 Å². The molecule has 0 fully saturated rings. The Bertz CT molecular complexity index is 362. The van der Waals surface area contributed by atoms with Crippen molar-refractivity contribution in [2.75, 3.05) is 14.2 Å². The van der Waals surface area contributed by atoms with Crippen molar-refractivity contribution in [1.82, 2.24) is 5.01 Å². The molecule has 6 heteroatoms. The van der Waals surface area contributed by atoms with Crippen LogP contribution in [0, 0.1) is 0 Å². The fourth-order valence-electron chi connectivity index (χ4n) is 1.23. The molecule has 0 atom stereocenters. The van der Waals surface area contributed by atoms with Crippen molar-refractivity contribution < 1.29 is 9.47 Å². The second-order valence-corrected chi connectivity index (χ2v) is 3.61. The third-order valence-electron chi connectivity index (χ3n) is 2.05. The topological polar surface area (TPSA) is 73.7 Å². The highest BCUT2D eigenvalue weighted by Crippen LogP contribution is 2.22. The van der Waals surface area contributed by atoms with E-state index in [1.807, 2.05) is 12.1 Å². The van der Waals surface area contributed by atoms with Crippen LogP contribution in [0.2, 0.25) is 0 Å². The number of methoxy groups -OCH3 is 2. The molecule has 1 rings (SSSR count). The van der Waals surface area contributed by atoms with E-state index in [-0.39, 0.29) is 5.11 Å². The fraction of sp³-hybridized carbons (Fsp3) is 0.300. The molecule has 0 unspecified atom stereocenters. The summed E-state index contributed by atoms with van der Waals surface area (Å²) in [6.45, 7) is 0.406. The maximum absolute atomic E-state index is 5.62. The van der Waals surface area contributed by atoms with Crippen molar-refractivity contribution in [3.8, 4) is 11.5 Å². The Labute approximate surface area is 99.9 Å². The van der Waals surface area contributed by atoms with Gasteiger partial charge in [-0.05, 0) is 29.9 Å². The van der Waals surface area contributed by atoms with Crippen molar-refractivity contribution in [1.29, 1.82) is 0 Å². The number of hydrogen-bond donors (Lipinski definition) is 2. The fourth-order valence-corrected chi connectivity index (χ4v) is 1.30. The molecule has 0 saturated heterocycles. The maximum atomic E-state index is 5.62. The Morgan fingerprint density at radius 1 is 1.25 bits per heavy atom. The van der Waals surface area contributed by atoms with Gasteiger partial charge in [0.1, 0.15) is 11.5 Å². The van der Waals surface area contributed by atoms with E-state index >= 15 is 0 Å². The molecule has 0 bridgehead atoms. The molecule has 5 nitrogen and oxygen atoms in total. The first-order valence-electron chi connectivity index (χ1n) is 4.60. The number of rotatable bonds is 4. The lowest BCUT2D eigenvalue weighted by Crippen LogP contribution is -2.40. The number of nitrogens with zero attached hydrogens (tertiary/aromatic N) is 1. The average Bonchev–Trinajstić information content (AvgIpc) is 2.28. The van der Waals surface area contributed by atoms with E-state index in [9.17, 15) is 0 Å². The van der Waals surface area contributed by atoms with Crippen LogP contribution < -0.4 is 21.1 Å². The summed E-state index contributed by atoms with van der Waals surface area (Å²) in [5.41, 5.74) is 6.30. The van der Waals surface area contributed by atoms with Crippen LogP contribution in [0.15, 0.2) is 18.2 Å². The van der Waals surface area contributed by atoms with Gasteiger partial charge in [-0.2, -0.15) is 0 Å². The summed E-state index contributed by atoms with van der Waals surface area (Å²) in [5, 5.41) is 1.42. The minimum absolute atomic E-state index is 0.141. The molecule has 1 aromatic rings. The van der Waals surface area contributed by atoms with Crippen molar-refractivity contribution in [2.45, 2.75) is 6.54 Å². The molecule has 0 spiro atoms. The highest BCUT2D eigenvalue weighted by Gasteiger charge is 2.06. The van der Waals surface area contributed by atoms with Gasteiger partial charge < -0.3 is 15.2 Å². The smallest absolute Gasteiger partial charge is 0.180 e. The van der Waals surface area contributed by atoms with Crippen LogP contribution in [0.1, 0.15) is 5.56 Å². The first-order chi connectivity index (χ1) is 7.56. The Kier molecular flexibility index (Phi) is 4.33. The van der Waals surface area contributed by atoms with Crippen LogP contribution in [0.25, 0.3) is 0 Å². The number of thiocarbonyl (C=S) groups is 1. The highest BCUT2D eigenvalue weighted by molar-refractivity contribution is 7.80. The Morgan fingerprint density at radius 2 is 1.75 bits per heavy atom. The molecule has 88 valence electrons. The molecule has 0 aliphatic carbocycles. The van der Waals surface area contributed by atoms with Gasteiger partial charge in [0.15, 0.2) is 5.11 Å². The van der Waals surface area contributed by atoms with Gasteiger partial charge in [0.2, 0.25) is 0 Å². The van der Waals surface area contributed by atoms with Crippen LogP contribution in [0.3, 0.4) is 0 Å². The Balaban J connectivity index is 2.90. The summed E-state index contributed by atoms with van der Waals surface area (Å²) in [4.78, 5) is 0. The molecule has 0 amide bonds. The molecule has 0 heterocycles. The minimum Gasteiger partial charge on any atom is -0.497 e. The number of hydrogen-bond acceptors (Lipinski definition) is 4. The number of hydrazine groups is 1. The lowest BCUT2D eigenvalue weighted by molar-refractivity contribution is 0.388. The van der Waals surface area contributed by atoms with Crippen molar-refractivity contribution in [2.24, 2.45) is 11.6 Å². The van der Waals surface area contributed by atoms with Crippen LogP contribution in [-0.2, 0) is 6.54 Å². The molecule has 0 saturated carbocycles. The Morgan fingerprint density at radius 3 is 2.12 bits per heavy atom. The van der Waals surface area contributed by atoms with E-state index in [2.05, 4.69) is 0 Å². The highest BCUT2D eigenvalue weighted by atomic mass is 32.1. The second-order valence-electron chi connectivity index (χ2n) is 3.19. The first-order valence-corrected chi connectivity index (χ1v) is 5.01. The van der Waals surface area contributed by atoms with Crippen molar-refractivity contribution >= 4 is 17.3 Å². The molecule has 16 heavy (non-hydrogen) atoms. The van der Waals surface area contributed by atoms with Gasteiger partial charge in [0.05, 0.1) is 20.8 Å². The van der Waals surface area contributed by atoms with Gasteiger partial charge in [-0.15, -0.1) is 0 Å². The van der Waals surface area contributed by atoms with Crippen LogP contribution in [-0.4, -0.2) is 24.3 Å². The van der Waals surface area contributed by atoms with Crippen molar-refractivity contribution in [3.63, 3.8) is 0 Å². The number of benzene rings is 1. The van der Waals surface area contributed by atoms with E-state index < -0.39 is 0 Å². The molecule has 4 N–H and O–H groups in total. The Hall–Kier alpha value is -1.53. The minimum atomic E-state index is 0.141. The maximum Gasteiger partial charge on any atom is 0.180 e. The summed E-state index contributed by atoms with van der Waals surface area (Å²) in [5.74, 6) is 7.02. The van der Waals surface area contributed by atoms with Gasteiger partial charge in [-0.25, -0.2) is 5.84 Å². The predicted molar refractivity (Wildman–Crippen MR) is 66.1 cm³/mol. The normalized spacial score (nSPS) is 9.69.